The molecule has 1 saturated heterocycles. The molecule has 1 aliphatic rings. The molecular weight excluding hydrogens is 278 g/mol. The first-order valence-electron chi connectivity index (χ1n) is 6.84. The summed E-state index contributed by atoms with van der Waals surface area (Å²) in [5, 5.41) is 12.0. The number of nitrogens with zero attached hydrogens (tertiary/aromatic N) is 3. The van der Waals surface area contributed by atoms with Gasteiger partial charge in [0.25, 0.3) is 5.91 Å². The Morgan fingerprint density at radius 3 is 2.65 bits per heavy atom. The summed E-state index contributed by atoms with van der Waals surface area (Å²) in [6.07, 6.45) is 2.28. The van der Waals surface area contributed by atoms with Gasteiger partial charge in [-0.05, 0) is 6.42 Å². The Morgan fingerprint density at radius 1 is 1.40 bits per heavy atom. The maximum atomic E-state index is 12.2. The van der Waals surface area contributed by atoms with Crippen LogP contribution in [0.3, 0.4) is 0 Å². The number of carbonyl (C=O) groups excluding carboxylic acids is 1. The van der Waals surface area contributed by atoms with Crippen LogP contribution in [-0.2, 0) is 4.79 Å². The van der Waals surface area contributed by atoms with Gasteiger partial charge in [-0.3, -0.25) is 9.69 Å². The Kier molecular flexibility index (Phi) is 8.04. The molecule has 0 radical (unpaired) electrons. The lowest BCUT2D eigenvalue weighted by Gasteiger charge is -2.34. The second-order valence-corrected chi connectivity index (χ2v) is 4.97. The third-order valence-electron chi connectivity index (χ3n) is 3.16. The maximum Gasteiger partial charge on any atom is 0.266 e. The smallest absolute Gasteiger partial charge is 0.266 e. The van der Waals surface area contributed by atoms with E-state index in [4.69, 9.17) is 22.6 Å². The minimum absolute atomic E-state index is 0.145. The van der Waals surface area contributed by atoms with E-state index in [1.165, 1.54) is 6.20 Å². The van der Waals surface area contributed by atoms with Gasteiger partial charge in [-0.15, -0.1) is 11.6 Å². The summed E-state index contributed by atoms with van der Waals surface area (Å²) in [5.41, 5.74) is 5.66. The molecule has 0 unspecified atom stereocenters. The molecule has 0 saturated carbocycles. The van der Waals surface area contributed by atoms with E-state index in [-0.39, 0.29) is 11.5 Å². The normalized spacial score (nSPS) is 16.9. The van der Waals surface area contributed by atoms with Crippen LogP contribution in [0, 0.1) is 11.3 Å². The van der Waals surface area contributed by atoms with Crippen LogP contribution in [0.2, 0.25) is 0 Å². The van der Waals surface area contributed by atoms with E-state index < -0.39 is 0 Å². The zero-order chi connectivity index (χ0) is 14.8. The van der Waals surface area contributed by atoms with E-state index in [0.29, 0.717) is 32.1 Å². The average Bonchev–Trinajstić information content (AvgIpc) is 2.48. The largest absolute Gasteiger partial charge is 0.390 e. The lowest BCUT2D eigenvalue weighted by Crippen LogP contribution is -2.50. The monoisotopic (exact) mass is 299 g/mol. The fraction of sp³-hybridized carbons (Fsp3) is 0.692. The molecule has 20 heavy (non-hydrogen) atoms. The molecule has 0 aromatic heterocycles. The first-order valence-corrected chi connectivity index (χ1v) is 7.37. The molecule has 1 aliphatic heterocycles. The van der Waals surface area contributed by atoms with Gasteiger partial charge in [0.2, 0.25) is 0 Å². The molecule has 1 fully saturated rings. The molecule has 1 rings (SSSR count). The summed E-state index contributed by atoms with van der Waals surface area (Å²) in [6, 6.07) is 1.95. The summed E-state index contributed by atoms with van der Waals surface area (Å²) in [6.45, 7) is 5.03. The molecule has 1 amide bonds. The second kappa shape index (κ2) is 9.59. The van der Waals surface area contributed by atoms with Gasteiger partial charge < -0.3 is 16.0 Å². The van der Waals surface area contributed by atoms with Crippen LogP contribution in [0.25, 0.3) is 0 Å². The first-order chi connectivity index (χ1) is 9.72. The minimum Gasteiger partial charge on any atom is -0.390 e. The number of piperazine rings is 1. The van der Waals surface area contributed by atoms with Crippen molar-refractivity contribution in [3.8, 4) is 6.07 Å². The van der Waals surface area contributed by atoms with Gasteiger partial charge >= 0.3 is 0 Å². The highest BCUT2D eigenvalue weighted by Crippen LogP contribution is 2.06. The molecule has 0 bridgehead atoms. The molecule has 7 heteroatoms. The van der Waals surface area contributed by atoms with E-state index in [2.05, 4.69) is 10.2 Å². The van der Waals surface area contributed by atoms with Crippen LogP contribution in [0.4, 0.5) is 0 Å². The molecule has 1 heterocycles. The maximum absolute atomic E-state index is 12.2. The number of nitrogens with one attached hydrogen (secondary N) is 1. The third-order valence-corrected chi connectivity index (χ3v) is 3.42. The van der Waals surface area contributed by atoms with Gasteiger partial charge in [0.05, 0.1) is 0 Å². The van der Waals surface area contributed by atoms with E-state index in [9.17, 15) is 4.79 Å². The Hall–Kier alpha value is -1.29. The van der Waals surface area contributed by atoms with Gasteiger partial charge in [-0.2, -0.15) is 5.26 Å². The number of carbonyl (C=O) groups is 1. The number of nitrogens with two attached hydrogens (primary N) is 1. The van der Waals surface area contributed by atoms with Crippen molar-refractivity contribution in [1.82, 2.24) is 15.1 Å². The van der Waals surface area contributed by atoms with E-state index in [1.54, 1.807) is 4.90 Å². The number of rotatable bonds is 7. The molecule has 0 atom stereocenters. The highest BCUT2D eigenvalue weighted by Gasteiger charge is 2.23. The highest BCUT2D eigenvalue weighted by atomic mass is 35.5. The quantitative estimate of drug-likeness (QED) is 0.292. The lowest BCUT2D eigenvalue weighted by molar-refractivity contribution is -0.128. The van der Waals surface area contributed by atoms with Crippen molar-refractivity contribution >= 4 is 17.5 Å². The van der Waals surface area contributed by atoms with Crippen molar-refractivity contribution < 1.29 is 4.79 Å². The van der Waals surface area contributed by atoms with Crippen molar-refractivity contribution in [3.05, 3.63) is 11.8 Å². The molecule has 0 aromatic carbocycles. The van der Waals surface area contributed by atoms with Gasteiger partial charge in [-0.25, -0.2) is 0 Å². The van der Waals surface area contributed by atoms with Crippen molar-refractivity contribution in [2.75, 3.05) is 51.7 Å². The Bertz CT molecular complexity index is 371. The molecule has 0 spiro atoms. The standard InChI is InChI=1S/C13H22ClN5O/c14-2-1-4-17-11-12(10-16)13(20)19-8-6-18(5-3-15)7-9-19/h11,17H,1-9,15H2/b12-11-. The minimum atomic E-state index is -0.210. The van der Waals surface area contributed by atoms with Crippen molar-refractivity contribution in [1.29, 1.82) is 5.26 Å². The van der Waals surface area contributed by atoms with Gasteiger partial charge in [0, 0.05) is 57.9 Å². The first kappa shape index (κ1) is 16.8. The number of alkyl halides is 1. The predicted octanol–water partition coefficient (Wildman–Crippen LogP) is -0.285. The van der Waals surface area contributed by atoms with Crippen molar-refractivity contribution in [3.63, 3.8) is 0 Å². The van der Waals surface area contributed by atoms with Gasteiger partial charge in [0.15, 0.2) is 0 Å². The van der Waals surface area contributed by atoms with Crippen molar-refractivity contribution in [2.45, 2.75) is 6.42 Å². The number of halogens is 1. The van der Waals surface area contributed by atoms with Crippen LogP contribution in [0.5, 0.6) is 0 Å². The lowest BCUT2D eigenvalue weighted by atomic mass is 10.2. The third kappa shape index (κ3) is 5.37. The van der Waals surface area contributed by atoms with Crippen LogP contribution < -0.4 is 11.1 Å². The average molecular weight is 300 g/mol. The summed E-state index contributed by atoms with van der Waals surface area (Å²) in [7, 11) is 0. The Morgan fingerprint density at radius 2 is 2.10 bits per heavy atom. The summed E-state index contributed by atoms with van der Waals surface area (Å²) >= 11 is 5.56. The van der Waals surface area contributed by atoms with Crippen molar-refractivity contribution in [2.24, 2.45) is 5.73 Å². The molecule has 112 valence electrons. The highest BCUT2D eigenvalue weighted by molar-refractivity contribution is 6.17. The molecule has 0 aliphatic carbocycles. The van der Waals surface area contributed by atoms with E-state index in [0.717, 1.165) is 26.1 Å². The number of hydrogen-bond acceptors (Lipinski definition) is 5. The fourth-order valence-electron chi connectivity index (χ4n) is 2.01. The molecule has 6 nitrogen and oxygen atoms in total. The van der Waals surface area contributed by atoms with E-state index >= 15 is 0 Å². The van der Waals surface area contributed by atoms with Gasteiger partial charge in [0.1, 0.15) is 11.6 Å². The number of hydrogen-bond donors (Lipinski definition) is 2. The Labute approximate surface area is 125 Å². The van der Waals surface area contributed by atoms with Crippen LogP contribution in [-0.4, -0.2) is 67.4 Å². The zero-order valence-corrected chi connectivity index (χ0v) is 12.4. The summed E-state index contributed by atoms with van der Waals surface area (Å²) in [4.78, 5) is 16.1. The second-order valence-electron chi connectivity index (χ2n) is 4.59. The summed E-state index contributed by atoms with van der Waals surface area (Å²) in [5.74, 6) is 0.345. The van der Waals surface area contributed by atoms with Crippen LogP contribution in [0.1, 0.15) is 6.42 Å². The van der Waals surface area contributed by atoms with Crippen LogP contribution in [0.15, 0.2) is 11.8 Å². The predicted molar refractivity (Wildman–Crippen MR) is 79.1 cm³/mol. The summed E-state index contributed by atoms with van der Waals surface area (Å²) < 4.78 is 0. The van der Waals surface area contributed by atoms with E-state index in [1.807, 2.05) is 6.07 Å². The molecule has 3 N–H and O–H groups in total. The number of amides is 1. The zero-order valence-electron chi connectivity index (χ0n) is 11.6. The molecule has 0 aromatic rings. The number of nitriles is 1. The SMILES string of the molecule is N#C/C(=C/NCCCCl)C(=O)N1CCN(CCN)CC1. The topological polar surface area (TPSA) is 85.4 Å². The van der Waals surface area contributed by atoms with Gasteiger partial charge in [-0.1, -0.05) is 0 Å². The Balaban J connectivity index is 2.45. The fourth-order valence-corrected chi connectivity index (χ4v) is 2.15. The van der Waals surface area contributed by atoms with Crippen LogP contribution >= 0.6 is 11.6 Å². The molecular formula is C13H22ClN5O.